The van der Waals surface area contributed by atoms with Crippen LogP contribution in [0.1, 0.15) is 30.4 Å². The van der Waals surface area contributed by atoms with Gasteiger partial charge in [0.05, 0.1) is 0 Å². The van der Waals surface area contributed by atoms with E-state index in [0.29, 0.717) is 0 Å². The van der Waals surface area contributed by atoms with Crippen LogP contribution >= 0.6 is 0 Å². The molecule has 1 saturated heterocycles. The van der Waals surface area contributed by atoms with Crippen LogP contribution in [0.5, 0.6) is 0 Å². The summed E-state index contributed by atoms with van der Waals surface area (Å²) in [6, 6.07) is 21.2. The van der Waals surface area contributed by atoms with Gasteiger partial charge in [-0.2, -0.15) is 9.97 Å². The molecule has 6 nitrogen and oxygen atoms in total. The molecule has 1 aliphatic rings. The summed E-state index contributed by atoms with van der Waals surface area (Å²) in [5, 5.41) is 4.85. The van der Waals surface area contributed by atoms with Crippen molar-refractivity contribution in [3.8, 4) is 0 Å². The first-order valence-electron chi connectivity index (χ1n) is 12.4. The lowest BCUT2D eigenvalue weighted by atomic mass is 10.1. The smallest absolute Gasteiger partial charge is 0.229 e. The molecule has 4 aromatic rings. The van der Waals surface area contributed by atoms with E-state index >= 15 is 0 Å². The molecule has 0 unspecified atom stereocenters. The molecule has 3 heterocycles. The highest BCUT2D eigenvalue weighted by molar-refractivity contribution is 5.83. The van der Waals surface area contributed by atoms with Gasteiger partial charge in [-0.3, -0.25) is 0 Å². The highest BCUT2D eigenvalue weighted by Crippen LogP contribution is 2.24. The first-order valence-corrected chi connectivity index (χ1v) is 12.4. The Morgan fingerprint density at radius 3 is 2.59 bits per heavy atom. The lowest BCUT2D eigenvalue weighted by Crippen LogP contribution is -2.31. The summed E-state index contributed by atoms with van der Waals surface area (Å²) >= 11 is 0. The van der Waals surface area contributed by atoms with Crippen LogP contribution in [0.15, 0.2) is 66.9 Å². The number of hydrogen-bond acceptors (Lipinski definition) is 5. The van der Waals surface area contributed by atoms with Crippen molar-refractivity contribution in [2.45, 2.75) is 32.1 Å². The SMILES string of the molecule is CN(CCc1c[nH]c2ccccc12)c1nc(NCCc2ccccc2)cc(N2CCCCC2)n1. The quantitative estimate of drug-likeness (QED) is 0.360. The number of anilines is 3. The Bertz CT molecular complexity index is 1200. The van der Waals surface area contributed by atoms with E-state index in [0.717, 1.165) is 56.6 Å². The average Bonchev–Trinajstić information content (AvgIpc) is 3.31. The van der Waals surface area contributed by atoms with Crippen molar-refractivity contribution in [2.24, 2.45) is 0 Å². The Morgan fingerprint density at radius 1 is 0.941 bits per heavy atom. The summed E-state index contributed by atoms with van der Waals surface area (Å²) in [5.74, 6) is 2.72. The van der Waals surface area contributed by atoms with Gasteiger partial charge in [0.1, 0.15) is 11.6 Å². The number of hydrogen-bond donors (Lipinski definition) is 2. The number of piperidine rings is 1. The molecule has 0 bridgehead atoms. The van der Waals surface area contributed by atoms with Crippen LogP contribution in [-0.4, -0.2) is 48.2 Å². The molecule has 0 aliphatic carbocycles. The molecular formula is C28H34N6. The standard InChI is InChI=1S/C28H34N6/c1-33(19-15-23-21-30-25-13-7-6-12-24(23)25)28-31-26(29-16-14-22-10-4-2-5-11-22)20-27(32-28)34-17-8-3-9-18-34/h2,4-7,10-13,20-21,30H,3,8-9,14-19H2,1H3,(H,29,31,32). The molecule has 6 heteroatoms. The van der Waals surface area contributed by atoms with Crippen LogP contribution in [0.4, 0.5) is 17.6 Å². The molecular weight excluding hydrogens is 420 g/mol. The summed E-state index contributed by atoms with van der Waals surface area (Å²) in [6.07, 6.45) is 7.80. The molecule has 0 saturated carbocycles. The summed E-state index contributed by atoms with van der Waals surface area (Å²) in [4.78, 5) is 17.8. The maximum atomic E-state index is 4.98. The number of aromatic nitrogens is 3. The molecule has 0 radical (unpaired) electrons. The minimum Gasteiger partial charge on any atom is -0.370 e. The van der Waals surface area contributed by atoms with Crippen LogP contribution in [0.2, 0.25) is 0 Å². The Hall–Kier alpha value is -3.54. The zero-order valence-corrected chi connectivity index (χ0v) is 20.0. The minimum absolute atomic E-state index is 0.783. The number of likely N-dealkylation sites (N-methyl/N-ethyl adjacent to an activating group) is 1. The molecule has 0 amide bonds. The van der Waals surface area contributed by atoms with Crippen molar-refractivity contribution in [3.63, 3.8) is 0 Å². The van der Waals surface area contributed by atoms with Crippen molar-refractivity contribution >= 4 is 28.5 Å². The summed E-state index contributed by atoms with van der Waals surface area (Å²) in [7, 11) is 2.10. The minimum atomic E-state index is 0.783. The number of benzene rings is 2. The van der Waals surface area contributed by atoms with Gasteiger partial charge in [-0.25, -0.2) is 0 Å². The Balaban J connectivity index is 1.31. The van der Waals surface area contributed by atoms with Crippen molar-refractivity contribution in [1.29, 1.82) is 0 Å². The van der Waals surface area contributed by atoms with Gasteiger partial charge in [0.15, 0.2) is 0 Å². The number of fused-ring (bicyclic) bond motifs is 1. The third kappa shape index (κ3) is 5.33. The monoisotopic (exact) mass is 454 g/mol. The second-order valence-corrected chi connectivity index (χ2v) is 9.15. The van der Waals surface area contributed by atoms with Crippen LogP contribution in [0.3, 0.4) is 0 Å². The van der Waals surface area contributed by atoms with E-state index in [9.17, 15) is 0 Å². The van der Waals surface area contributed by atoms with Gasteiger partial charge < -0.3 is 20.1 Å². The number of rotatable bonds is 9. The number of aromatic amines is 1. The molecule has 1 fully saturated rings. The van der Waals surface area contributed by atoms with Crippen molar-refractivity contribution in [3.05, 3.63) is 78.0 Å². The topological polar surface area (TPSA) is 60.1 Å². The molecule has 2 aromatic carbocycles. The molecule has 0 spiro atoms. The molecule has 5 rings (SSSR count). The Labute approximate surface area is 202 Å². The summed E-state index contributed by atoms with van der Waals surface area (Å²) in [5.41, 5.74) is 3.85. The largest absolute Gasteiger partial charge is 0.370 e. The van der Waals surface area contributed by atoms with E-state index < -0.39 is 0 Å². The van der Waals surface area contributed by atoms with Gasteiger partial charge in [0.25, 0.3) is 0 Å². The zero-order chi connectivity index (χ0) is 23.2. The molecule has 2 aromatic heterocycles. The molecule has 1 aliphatic heterocycles. The third-order valence-corrected chi connectivity index (χ3v) is 6.68. The second kappa shape index (κ2) is 10.6. The van der Waals surface area contributed by atoms with Crippen molar-refractivity contribution in [2.75, 3.05) is 48.3 Å². The van der Waals surface area contributed by atoms with Crippen LogP contribution in [0, 0.1) is 0 Å². The van der Waals surface area contributed by atoms with Gasteiger partial charge in [-0.1, -0.05) is 48.5 Å². The van der Waals surface area contributed by atoms with E-state index in [1.54, 1.807) is 0 Å². The molecule has 0 atom stereocenters. The van der Waals surface area contributed by atoms with Crippen LogP contribution < -0.4 is 15.1 Å². The van der Waals surface area contributed by atoms with E-state index in [2.05, 4.69) is 94.0 Å². The second-order valence-electron chi connectivity index (χ2n) is 9.15. The predicted molar refractivity (Wildman–Crippen MR) is 142 cm³/mol. The lowest BCUT2D eigenvalue weighted by Gasteiger charge is -2.29. The summed E-state index contributed by atoms with van der Waals surface area (Å²) < 4.78 is 0. The first-order chi connectivity index (χ1) is 16.8. The van der Waals surface area contributed by atoms with E-state index in [4.69, 9.17) is 9.97 Å². The van der Waals surface area contributed by atoms with Gasteiger partial charge in [0, 0.05) is 56.4 Å². The lowest BCUT2D eigenvalue weighted by molar-refractivity contribution is 0.573. The normalized spacial score (nSPS) is 13.9. The van der Waals surface area contributed by atoms with Gasteiger partial charge in [-0.15, -0.1) is 0 Å². The van der Waals surface area contributed by atoms with E-state index in [-0.39, 0.29) is 0 Å². The maximum Gasteiger partial charge on any atom is 0.229 e. The summed E-state index contributed by atoms with van der Waals surface area (Å²) in [6.45, 7) is 3.84. The predicted octanol–water partition coefficient (Wildman–Crippen LogP) is 5.28. The fraction of sp³-hybridized carbons (Fsp3) is 0.357. The van der Waals surface area contributed by atoms with Crippen LogP contribution in [-0.2, 0) is 12.8 Å². The highest BCUT2D eigenvalue weighted by Gasteiger charge is 2.17. The highest BCUT2D eigenvalue weighted by atomic mass is 15.3. The Morgan fingerprint density at radius 2 is 1.74 bits per heavy atom. The number of nitrogens with zero attached hydrogens (tertiary/aromatic N) is 4. The van der Waals surface area contributed by atoms with Crippen molar-refractivity contribution in [1.82, 2.24) is 15.0 Å². The molecule has 176 valence electrons. The Kier molecular flexibility index (Phi) is 6.94. The zero-order valence-electron chi connectivity index (χ0n) is 20.0. The number of para-hydroxylation sites is 1. The van der Waals surface area contributed by atoms with Gasteiger partial charge >= 0.3 is 0 Å². The van der Waals surface area contributed by atoms with Crippen LogP contribution in [0.25, 0.3) is 10.9 Å². The van der Waals surface area contributed by atoms with E-state index in [1.165, 1.54) is 41.3 Å². The fourth-order valence-corrected chi connectivity index (χ4v) is 4.67. The van der Waals surface area contributed by atoms with E-state index in [1.807, 2.05) is 0 Å². The first kappa shape index (κ1) is 22.3. The molecule has 2 N–H and O–H groups in total. The fourth-order valence-electron chi connectivity index (χ4n) is 4.67. The van der Waals surface area contributed by atoms with Crippen molar-refractivity contribution < 1.29 is 0 Å². The maximum absolute atomic E-state index is 4.98. The number of H-pyrrole nitrogens is 1. The van der Waals surface area contributed by atoms with Gasteiger partial charge in [-0.05, 0) is 49.3 Å². The average molecular weight is 455 g/mol. The molecule has 34 heavy (non-hydrogen) atoms. The number of nitrogens with one attached hydrogen (secondary N) is 2. The third-order valence-electron chi connectivity index (χ3n) is 6.68. The van der Waals surface area contributed by atoms with Gasteiger partial charge in [0.2, 0.25) is 5.95 Å².